The van der Waals surface area contributed by atoms with E-state index >= 15 is 0 Å². The molecule has 0 fully saturated rings. The van der Waals surface area contributed by atoms with Crippen molar-refractivity contribution in [3.05, 3.63) is 52.8 Å². The van der Waals surface area contributed by atoms with Crippen molar-refractivity contribution in [2.75, 3.05) is 7.05 Å². The average molecular weight is 285 g/mol. The van der Waals surface area contributed by atoms with E-state index in [2.05, 4.69) is 68.6 Å². The maximum Gasteiger partial charge on any atom is 0.0641 e. The fourth-order valence-electron chi connectivity index (χ4n) is 2.70. The van der Waals surface area contributed by atoms with Crippen molar-refractivity contribution >= 4 is 0 Å². The highest BCUT2D eigenvalue weighted by molar-refractivity contribution is 5.30. The largest absolute Gasteiger partial charge is 0.313 e. The van der Waals surface area contributed by atoms with E-state index in [9.17, 15) is 0 Å². The normalized spacial score (nSPS) is 13.4. The molecule has 114 valence electrons. The van der Waals surface area contributed by atoms with E-state index in [1.54, 1.807) is 0 Å². The number of aromatic nitrogens is 2. The minimum absolute atomic E-state index is 0.209. The summed E-state index contributed by atoms with van der Waals surface area (Å²) in [5, 5.41) is 7.86. The predicted molar refractivity (Wildman–Crippen MR) is 88.6 cm³/mol. The quantitative estimate of drug-likeness (QED) is 0.931. The van der Waals surface area contributed by atoms with E-state index in [1.807, 2.05) is 18.8 Å². The van der Waals surface area contributed by atoms with Crippen LogP contribution in [0.5, 0.6) is 0 Å². The Labute approximate surface area is 128 Å². The molecule has 1 atom stereocenters. The first-order valence-corrected chi connectivity index (χ1v) is 7.58. The van der Waals surface area contributed by atoms with Crippen LogP contribution >= 0.6 is 0 Å². The summed E-state index contributed by atoms with van der Waals surface area (Å²) in [6.07, 6.45) is 3.09. The lowest BCUT2D eigenvalue weighted by Gasteiger charge is -2.20. The third-order valence-electron chi connectivity index (χ3n) is 4.04. The van der Waals surface area contributed by atoms with Gasteiger partial charge in [-0.05, 0) is 36.9 Å². The van der Waals surface area contributed by atoms with Gasteiger partial charge < -0.3 is 5.32 Å². The van der Waals surface area contributed by atoms with Crippen LogP contribution in [0.4, 0.5) is 0 Å². The number of nitrogens with zero attached hydrogens (tertiary/aromatic N) is 2. The Kier molecular flexibility index (Phi) is 4.52. The Balaban J connectivity index is 2.17. The molecular formula is C18H27N3. The summed E-state index contributed by atoms with van der Waals surface area (Å²) in [7, 11) is 3.99. The highest BCUT2D eigenvalue weighted by Crippen LogP contribution is 2.25. The summed E-state index contributed by atoms with van der Waals surface area (Å²) in [4.78, 5) is 0. The van der Waals surface area contributed by atoms with Crippen LogP contribution in [0.25, 0.3) is 0 Å². The molecule has 0 saturated heterocycles. The molecule has 3 nitrogen and oxygen atoms in total. The Morgan fingerprint density at radius 1 is 1.19 bits per heavy atom. The van der Waals surface area contributed by atoms with Gasteiger partial charge in [0.25, 0.3) is 0 Å². The van der Waals surface area contributed by atoms with Gasteiger partial charge in [-0.25, -0.2) is 0 Å². The Hall–Kier alpha value is -1.61. The van der Waals surface area contributed by atoms with Crippen LogP contribution in [0.15, 0.2) is 30.5 Å². The van der Waals surface area contributed by atoms with Crippen molar-refractivity contribution in [2.45, 2.75) is 45.6 Å². The van der Waals surface area contributed by atoms with Crippen LogP contribution in [-0.2, 0) is 18.9 Å². The van der Waals surface area contributed by atoms with Gasteiger partial charge in [0.05, 0.1) is 5.69 Å². The first-order valence-electron chi connectivity index (χ1n) is 7.58. The second-order valence-electron chi connectivity index (χ2n) is 6.84. The fraction of sp³-hybridized carbons (Fsp3) is 0.500. The zero-order valence-electron chi connectivity index (χ0n) is 14.1. The van der Waals surface area contributed by atoms with E-state index in [4.69, 9.17) is 0 Å². The van der Waals surface area contributed by atoms with E-state index in [1.165, 1.54) is 16.7 Å². The van der Waals surface area contributed by atoms with E-state index < -0.39 is 0 Å². The van der Waals surface area contributed by atoms with Crippen molar-refractivity contribution in [1.29, 1.82) is 0 Å². The van der Waals surface area contributed by atoms with Crippen molar-refractivity contribution in [3.63, 3.8) is 0 Å². The molecule has 0 saturated carbocycles. The van der Waals surface area contributed by atoms with Crippen molar-refractivity contribution in [3.8, 4) is 0 Å². The molecular weight excluding hydrogens is 258 g/mol. The van der Waals surface area contributed by atoms with Gasteiger partial charge in [0.15, 0.2) is 0 Å². The molecule has 21 heavy (non-hydrogen) atoms. The lowest BCUT2D eigenvalue weighted by molar-refractivity contribution is 0.582. The molecule has 0 bridgehead atoms. The molecule has 0 aliphatic carbocycles. The maximum atomic E-state index is 4.44. The molecule has 0 aliphatic heterocycles. The topological polar surface area (TPSA) is 29.9 Å². The average Bonchev–Trinajstić information content (AvgIpc) is 2.74. The van der Waals surface area contributed by atoms with Crippen molar-refractivity contribution in [2.24, 2.45) is 7.05 Å². The zero-order valence-corrected chi connectivity index (χ0v) is 14.1. The number of hydrogen-bond donors (Lipinski definition) is 1. The van der Waals surface area contributed by atoms with Gasteiger partial charge in [0, 0.05) is 24.8 Å². The van der Waals surface area contributed by atoms with Gasteiger partial charge in [-0.15, -0.1) is 0 Å². The fourth-order valence-corrected chi connectivity index (χ4v) is 2.70. The van der Waals surface area contributed by atoms with Crippen LogP contribution in [0.1, 0.15) is 49.2 Å². The minimum atomic E-state index is 0.209. The van der Waals surface area contributed by atoms with E-state index in [0.717, 1.165) is 12.1 Å². The van der Waals surface area contributed by atoms with Gasteiger partial charge in [0.2, 0.25) is 0 Å². The molecule has 0 radical (unpaired) electrons. The second kappa shape index (κ2) is 6.02. The molecule has 1 aromatic carbocycles. The summed E-state index contributed by atoms with van der Waals surface area (Å²) in [5.74, 6) is 0. The Morgan fingerprint density at radius 2 is 1.81 bits per heavy atom. The van der Waals surface area contributed by atoms with Gasteiger partial charge in [-0.3, -0.25) is 4.68 Å². The molecule has 0 spiro atoms. The minimum Gasteiger partial charge on any atom is -0.313 e. The standard InChI is InChI=1S/C18H27N3/c1-13-16(12-21(6)20-13)17(19-5)11-14-7-9-15(10-8-14)18(2,3)4/h7-10,12,17,19H,11H2,1-6H3. The summed E-state index contributed by atoms with van der Waals surface area (Å²) >= 11 is 0. The first kappa shape index (κ1) is 15.8. The van der Waals surface area contributed by atoms with Gasteiger partial charge in [0.1, 0.15) is 0 Å². The van der Waals surface area contributed by atoms with Crippen LogP contribution in [0, 0.1) is 6.92 Å². The Morgan fingerprint density at radius 3 is 2.24 bits per heavy atom. The molecule has 1 heterocycles. The third kappa shape index (κ3) is 3.73. The van der Waals surface area contributed by atoms with Crippen LogP contribution in [0.3, 0.4) is 0 Å². The van der Waals surface area contributed by atoms with Crippen LogP contribution in [-0.4, -0.2) is 16.8 Å². The van der Waals surface area contributed by atoms with E-state index in [-0.39, 0.29) is 5.41 Å². The first-order chi connectivity index (χ1) is 9.81. The molecule has 0 amide bonds. The zero-order chi connectivity index (χ0) is 15.6. The highest BCUT2D eigenvalue weighted by Gasteiger charge is 2.17. The second-order valence-corrected chi connectivity index (χ2v) is 6.84. The summed E-state index contributed by atoms with van der Waals surface area (Å²) in [6, 6.07) is 9.29. The van der Waals surface area contributed by atoms with Gasteiger partial charge in [-0.1, -0.05) is 45.0 Å². The lowest BCUT2D eigenvalue weighted by Crippen LogP contribution is -2.19. The number of hydrogen-bond acceptors (Lipinski definition) is 2. The van der Waals surface area contributed by atoms with Gasteiger partial charge >= 0.3 is 0 Å². The number of nitrogens with one attached hydrogen (secondary N) is 1. The molecule has 1 aromatic heterocycles. The molecule has 1 unspecified atom stereocenters. The number of benzene rings is 1. The highest BCUT2D eigenvalue weighted by atomic mass is 15.3. The summed E-state index contributed by atoms with van der Waals surface area (Å²) in [6.45, 7) is 8.81. The number of aryl methyl sites for hydroxylation is 2. The smallest absolute Gasteiger partial charge is 0.0641 e. The van der Waals surface area contributed by atoms with Crippen molar-refractivity contribution in [1.82, 2.24) is 15.1 Å². The monoisotopic (exact) mass is 285 g/mol. The molecule has 1 N–H and O–H groups in total. The Bertz CT molecular complexity index is 588. The molecule has 2 rings (SSSR count). The van der Waals surface area contributed by atoms with Gasteiger partial charge in [-0.2, -0.15) is 5.10 Å². The van der Waals surface area contributed by atoms with E-state index in [0.29, 0.717) is 6.04 Å². The molecule has 0 aliphatic rings. The van der Waals surface area contributed by atoms with Crippen LogP contribution < -0.4 is 5.32 Å². The summed E-state index contributed by atoms with van der Waals surface area (Å²) < 4.78 is 1.89. The van der Waals surface area contributed by atoms with Crippen molar-refractivity contribution < 1.29 is 0 Å². The SMILES string of the molecule is CNC(Cc1ccc(C(C)(C)C)cc1)c1cn(C)nc1C. The number of rotatable bonds is 4. The van der Waals surface area contributed by atoms with Crippen LogP contribution in [0.2, 0.25) is 0 Å². The maximum absolute atomic E-state index is 4.44. The molecule has 2 aromatic rings. The lowest BCUT2D eigenvalue weighted by atomic mass is 9.86. The summed E-state index contributed by atoms with van der Waals surface area (Å²) in [5.41, 5.74) is 5.32. The predicted octanol–water partition coefficient (Wildman–Crippen LogP) is 3.53. The number of likely N-dealkylation sites (N-methyl/N-ethyl adjacent to an activating group) is 1. The third-order valence-corrected chi connectivity index (χ3v) is 4.04. The molecule has 3 heteroatoms.